The zero-order chi connectivity index (χ0) is 11.1. The van der Waals surface area contributed by atoms with Gasteiger partial charge in [0.25, 0.3) is 0 Å². The second-order valence-corrected chi connectivity index (χ2v) is 4.83. The third kappa shape index (κ3) is 1.66. The molecular formula is C11H13Cl2NO. The van der Waals surface area contributed by atoms with Gasteiger partial charge in [-0.2, -0.15) is 0 Å². The van der Waals surface area contributed by atoms with E-state index in [0.29, 0.717) is 16.6 Å². The lowest BCUT2D eigenvalue weighted by atomic mass is 9.93. The van der Waals surface area contributed by atoms with Gasteiger partial charge in [-0.05, 0) is 24.0 Å². The van der Waals surface area contributed by atoms with Crippen LogP contribution in [0.3, 0.4) is 0 Å². The van der Waals surface area contributed by atoms with E-state index in [1.54, 1.807) is 6.07 Å². The zero-order valence-corrected chi connectivity index (χ0v) is 9.72. The fraction of sp³-hybridized carbons (Fsp3) is 0.455. The van der Waals surface area contributed by atoms with E-state index < -0.39 is 0 Å². The van der Waals surface area contributed by atoms with Crippen molar-refractivity contribution in [3.05, 3.63) is 33.8 Å². The van der Waals surface area contributed by atoms with Crippen molar-refractivity contribution in [2.24, 2.45) is 11.7 Å². The summed E-state index contributed by atoms with van der Waals surface area (Å²) in [4.78, 5) is 0. The van der Waals surface area contributed by atoms with Gasteiger partial charge >= 0.3 is 0 Å². The van der Waals surface area contributed by atoms with Gasteiger partial charge in [0.2, 0.25) is 0 Å². The smallest absolute Gasteiger partial charge is 0.0630 e. The Bertz CT molecular complexity index is 383. The highest BCUT2D eigenvalue weighted by molar-refractivity contribution is 6.42. The van der Waals surface area contributed by atoms with Crippen LogP contribution in [-0.4, -0.2) is 18.3 Å². The van der Waals surface area contributed by atoms with Crippen LogP contribution in [0.4, 0.5) is 0 Å². The topological polar surface area (TPSA) is 46.2 Å². The summed E-state index contributed by atoms with van der Waals surface area (Å²) in [7, 11) is 0. The number of halogens is 2. The Kier molecular flexibility index (Phi) is 2.95. The highest BCUT2D eigenvalue weighted by Crippen LogP contribution is 2.55. The Hall–Kier alpha value is -0.280. The first-order valence-corrected chi connectivity index (χ1v) is 5.66. The van der Waals surface area contributed by atoms with Crippen LogP contribution in [0, 0.1) is 5.92 Å². The summed E-state index contributed by atoms with van der Waals surface area (Å²) < 4.78 is 0. The monoisotopic (exact) mass is 245 g/mol. The molecule has 3 N–H and O–H groups in total. The molecule has 82 valence electrons. The van der Waals surface area contributed by atoms with E-state index >= 15 is 0 Å². The minimum absolute atomic E-state index is 0.153. The number of aliphatic hydroxyl groups excluding tert-OH is 1. The van der Waals surface area contributed by atoms with Crippen LogP contribution in [0.2, 0.25) is 10.0 Å². The molecule has 0 spiro atoms. The van der Waals surface area contributed by atoms with Gasteiger partial charge < -0.3 is 10.8 Å². The second kappa shape index (κ2) is 3.95. The first kappa shape index (κ1) is 11.2. The zero-order valence-electron chi connectivity index (χ0n) is 8.21. The van der Waals surface area contributed by atoms with Gasteiger partial charge in [-0.25, -0.2) is 0 Å². The molecule has 1 aliphatic rings. The molecule has 0 aliphatic heterocycles. The molecule has 0 saturated heterocycles. The van der Waals surface area contributed by atoms with Gasteiger partial charge in [-0.1, -0.05) is 35.3 Å². The van der Waals surface area contributed by atoms with Crippen molar-refractivity contribution in [1.82, 2.24) is 0 Å². The lowest BCUT2D eigenvalue weighted by Crippen LogP contribution is -2.24. The molecule has 2 rings (SSSR count). The predicted molar refractivity (Wildman–Crippen MR) is 62.4 cm³/mol. The molecule has 1 saturated carbocycles. The van der Waals surface area contributed by atoms with Crippen LogP contribution < -0.4 is 5.73 Å². The van der Waals surface area contributed by atoms with Crippen LogP contribution in [0.15, 0.2) is 18.2 Å². The Morgan fingerprint density at radius 1 is 1.47 bits per heavy atom. The molecule has 1 aromatic rings. The average molecular weight is 246 g/mol. The second-order valence-electron chi connectivity index (χ2n) is 4.05. The molecule has 1 aliphatic carbocycles. The molecule has 1 unspecified atom stereocenters. The summed E-state index contributed by atoms with van der Waals surface area (Å²) in [6.45, 7) is 0.651. The molecule has 1 fully saturated rings. The van der Waals surface area contributed by atoms with E-state index in [4.69, 9.17) is 34.0 Å². The Balaban J connectivity index is 2.41. The van der Waals surface area contributed by atoms with Crippen LogP contribution >= 0.6 is 23.2 Å². The van der Waals surface area contributed by atoms with Crippen molar-refractivity contribution in [3.8, 4) is 0 Å². The standard InChI is InChI=1S/C11H13Cl2NO/c12-9-3-1-2-8(10(9)13)11(6-14)4-7(11)5-15/h1-3,7,15H,4-6,14H2/t7-,11?/m1/s1. The largest absolute Gasteiger partial charge is 0.396 e. The first-order chi connectivity index (χ1) is 7.15. The van der Waals surface area contributed by atoms with Gasteiger partial charge in [-0.3, -0.25) is 0 Å². The average Bonchev–Trinajstić information content (AvgIpc) is 2.97. The van der Waals surface area contributed by atoms with Crippen LogP contribution in [0.25, 0.3) is 0 Å². The number of hydrogen-bond acceptors (Lipinski definition) is 2. The van der Waals surface area contributed by atoms with Crippen molar-refractivity contribution in [1.29, 1.82) is 0 Å². The number of rotatable bonds is 3. The predicted octanol–water partition coefficient (Wildman–Crippen LogP) is 2.20. The molecule has 1 aromatic carbocycles. The number of nitrogens with two attached hydrogens (primary N) is 1. The molecule has 2 nitrogen and oxygen atoms in total. The minimum Gasteiger partial charge on any atom is -0.396 e. The normalized spacial score (nSPS) is 29.2. The Morgan fingerprint density at radius 3 is 2.73 bits per heavy atom. The first-order valence-electron chi connectivity index (χ1n) is 4.91. The van der Waals surface area contributed by atoms with Crippen molar-refractivity contribution in [3.63, 3.8) is 0 Å². The third-order valence-electron chi connectivity index (χ3n) is 3.30. The van der Waals surface area contributed by atoms with Crippen LogP contribution in [-0.2, 0) is 5.41 Å². The number of benzene rings is 1. The molecule has 2 atom stereocenters. The van der Waals surface area contributed by atoms with Crippen LogP contribution in [0.1, 0.15) is 12.0 Å². The summed E-state index contributed by atoms with van der Waals surface area (Å²) in [5.74, 6) is 0.221. The van der Waals surface area contributed by atoms with Crippen molar-refractivity contribution >= 4 is 23.2 Å². The highest BCUT2D eigenvalue weighted by Gasteiger charge is 2.54. The van der Waals surface area contributed by atoms with Gasteiger partial charge in [-0.15, -0.1) is 0 Å². The Labute approximate surface area is 99.0 Å². The summed E-state index contributed by atoms with van der Waals surface area (Å²) in [5.41, 5.74) is 6.59. The molecule has 4 heteroatoms. The van der Waals surface area contributed by atoms with Crippen molar-refractivity contribution in [2.45, 2.75) is 11.8 Å². The lowest BCUT2D eigenvalue weighted by molar-refractivity contribution is 0.264. The van der Waals surface area contributed by atoms with E-state index in [9.17, 15) is 0 Å². The number of aliphatic hydroxyl groups is 1. The van der Waals surface area contributed by atoms with Crippen molar-refractivity contribution in [2.75, 3.05) is 13.2 Å². The van der Waals surface area contributed by atoms with Crippen LogP contribution in [0.5, 0.6) is 0 Å². The van der Waals surface area contributed by atoms with Gasteiger partial charge in [0.05, 0.1) is 10.0 Å². The Morgan fingerprint density at radius 2 is 2.20 bits per heavy atom. The third-order valence-corrected chi connectivity index (χ3v) is 4.12. The van der Waals surface area contributed by atoms with Gasteiger partial charge in [0.1, 0.15) is 0 Å². The highest BCUT2D eigenvalue weighted by atomic mass is 35.5. The summed E-state index contributed by atoms with van der Waals surface area (Å²) >= 11 is 12.1. The maximum Gasteiger partial charge on any atom is 0.0630 e. The minimum atomic E-state index is -0.156. The molecule has 0 heterocycles. The van der Waals surface area contributed by atoms with E-state index in [0.717, 1.165) is 12.0 Å². The van der Waals surface area contributed by atoms with Crippen molar-refractivity contribution < 1.29 is 5.11 Å². The summed E-state index contributed by atoms with van der Waals surface area (Å²) in [6.07, 6.45) is 0.889. The molecule has 15 heavy (non-hydrogen) atoms. The molecule has 0 bridgehead atoms. The quantitative estimate of drug-likeness (QED) is 0.858. The summed E-state index contributed by atoms with van der Waals surface area (Å²) in [6, 6.07) is 5.57. The van der Waals surface area contributed by atoms with E-state index in [1.807, 2.05) is 12.1 Å². The molecular weight excluding hydrogens is 233 g/mol. The number of hydrogen-bond donors (Lipinski definition) is 2. The van der Waals surface area contributed by atoms with E-state index in [-0.39, 0.29) is 17.9 Å². The van der Waals surface area contributed by atoms with Gasteiger partial charge in [0, 0.05) is 18.6 Å². The van der Waals surface area contributed by atoms with Gasteiger partial charge in [0.15, 0.2) is 0 Å². The molecule has 0 radical (unpaired) electrons. The van der Waals surface area contributed by atoms with E-state index in [1.165, 1.54) is 0 Å². The maximum absolute atomic E-state index is 9.16. The molecule has 0 amide bonds. The van der Waals surface area contributed by atoms with E-state index in [2.05, 4.69) is 0 Å². The lowest BCUT2D eigenvalue weighted by Gasteiger charge is -2.17. The molecule has 0 aromatic heterocycles. The fourth-order valence-corrected chi connectivity index (χ4v) is 2.69. The summed E-state index contributed by atoms with van der Waals surface area (Å²) in [5, 5.41) is 10.3. The fourth-order valence-electron chi connectivity index (χ4n) is 2.20. The SMILES string of the molecule is NCC1(c2cccc(Cl)c2Cl)C[C@@H]1CO. The maximum atomic E-state index is 9.16.